The topological polar surface area (TPSA) is 73.4 Å². The van der Waals surface area contributed by atoms with Gasteiger partial charge in [0.05, 0.1) is 26.0 Å². The largest absolute Gasteiger partial charge is 0.274 e. The van der Waals surface area contributed by atoms with Gasteiger partial charge in [0.15, 0.2) is 4.96 Å². The molecule has 0 saturated heterocycles. The Hall–Kier alpha value is -3.75. The van der Waals surface area contributed by atoms with E-state index >= 15 is 0 Å². The fraction of sp³-hybridized carbons (Fsp3) is 0.0400. The molecule has 0 amide bonds. The first-order valence-electron chi connectivity index (χ1n) is 10.3. The molecule has 0 aliphatic rings. The van der Waals surface area contributed by atoms with Crippen LogP contribution >= 0.6 is 11.3 Å². The molecule has 162 valence electrons. The zero-order valence-corrected chi connectivity index (χ0v) is 19.1. The van der Waals surface area contributed by atoms with Crippen LogP contribution in [0.5, 0.6) is 0 Å². The van der Waals surface area contributed by atoms with E-state index in [4.69, 9.17) is 0 Å². The van der Waals surface area contributed by atoms with Crippen molar-refractivity contribution >= 4 is 54.3 Å². The van der Waals surface area contributed by atoms with Crippen molar-refractivity contribution in [2.24, 2.45) is 0 Å². The van der Waals surface area contributed by atoms with Crippen LogP contribution < -0.4 is 10.1 Å². The summed E-state index contributed by atoms with van der Waals surface area (Å²) in [4.78, 5) is 18.6. The average molecular weight is 472 g/mol. The van der Waals surface area contributed by atoms with Crippen molar-refractivity contribution in [3.8, 4) is 0 Å². The summed E-state index contributed by atoms with van der Waals surface area (Å²) in [5.74, 6) is 0. The molecule has 0 saturated carbocycles. The minimum absolute atomic E-state index is 0.165. The number of fused-ring (bicyclic) bond motifs is 4. The second-order valence-electron chi connectivity index (χ2n) is 7.85. The van der Waals surface area contributed by atoms with Crippen molar-refractivity contribution in [1.82, 2.24) is 13.4 Å². The van der Waals surface area contributed by atoms with Gasteiger partial charge in [-0.1, -0.05) is 59.4 Å². The van der Waals surface area contributed by atoms with Gasteiger partial charge < -0.3 is 0 Å². The van der Waals surface area contributed by atoms with Crippen LogP contribution in [0, 0.1) is 6.92 Å². The first-order chi connectivity index (χ1) is 15.9. The van der Waals surface area contributed by atoms with Crippen LogP contribution in [0.1, 0.15) is 11.1 Å². The Morgan fingerprint density at radius 2 is 1.61 bits per heavy atom. The van der Waals surface area contributed by atoms with Gasteiger partial charge >= 0.3 is 0 Å². The van der Waals surface area contributed by atoms with E-state index in [2.05, 4.69) is 4.98 Å². The molecule has 33 heavy (non-hydrogen) atoms. The lowest BCUT2D eigenvalue weighted by Gasteiger charge is -2.07. The van der Waals surface area contributed by atoms with Crippen molar-refractivity contribution in [1.29, 1.82) is 0 Å². The van der Waals surface area contributed by atoms with E-state index in [0.29, 0.717) is 20.6 Å². The summed E-state index contributed by atoms with van der Waals surface area (Å²) in [5.41, 5.74) is 3.57. The third kappa shape index (κ3) is 3.02. The van der Waals surface area contributed by atoms with Crippen LogP contribution in [0.3, 0.4) is 0 Å². The number of hydrogen-bond donors (Lipinski definition) is 0. The fourth-order valence-electron chi connectivity index (χ4n) is 4.07. The molecule has 3 aromatic heterocycles. The zero-order valence-electron chi connectivity index (χ0n) is 17.5. The average Bonchev–Trinajstić information content (AvgIpc) is 3.46. The number of nitrogens with zero attached hydrogens (tertiary/aromatic N) is 3. The maximum atomic E-state index is 13.4. The second kappa shape index (κ2) is 7.13. The molecular weight excluding hydrogens is 454 g/mol. The van der Waals surface area contributed by atoms with E-state index in [1.807, 2.05) is 43.3 Å². The third-order valence-corrected chi connectivity index (χ3v) is 8.38. The Bertz CT molecular complexity index is 1910. The highest BCUT2D eigenvalue weighted by atomic mass is 32.2. The maximum Gasteiger partial charge on any atom is 0.274 e. The van der Waals surface area contributed by atoms with E-state index in [1.54, 1.807) is 53.1 Å². The van der Waals surface area contributed by atoms with Gasteiger partial charge in [0.1, 0.15) is 0 Å². The summed E-state index contributed by atoms with van der Waals surface area (Å²) in [6, 6.07) is 21.6. The van der Waals surface area contributed by atoms with E-state index in [9.17, 15) is 13.2 Å². The lowest BCUT2D eigenvalue weighted by molar-refractivity contribution is 0.589. The van der Waals surface area contributed by atoms with Crippen molar-refractivity contribution in [2.45, 2.75) is 11.8 Å². The Labute approximate surface area is 192 Å². The Morgan fingerprint density at radius 1 is 0.909 bits per heavy atom. The van der Waals surface area contributed by atoms with Crippen LogP contribution in [0.2, 0.25) is 0 Å². The molecule has 3 aromatic carbocycles. The molecule has 0 unspecified atom stereocenters. The minimum Gasteiger partial charge on any atom is -0.267 e. The van der Waals surface area contributed by atoms with Gasteiger partial charge in [-0.25, -0.2) is 21.8 Å². The normalized spacial score (nSPS) is 12.9. The third-order valence-electron chi connectivity index (χ3n) is 5.72. The number of imidazole rings is 1. The van der Waals surface area contributed by atoms with Crippen molar-refractivity contribution in [2.75, 3.05) is 0 Å². The van der Waals surface area contributed by atoms with Gasteiger partial charge in [-0.2, -0.15) is 0 Å². The number of para-hydroxylation sites is 3. The summed E-state index contributed by atoms with van der Waals surface area (Å²) in [7, 11) is -3.80. The molecule has 0 radical (unpaired) electrons. The summed E-state index contributed by atoms with van der Waals surface area (Å²) in [6.07, 6.45) is 3.33. The van der Waals surface area contributed by atoms with E-state index in [1.165, 1.54) is 15.3 Å². The molecule has 0 atom stereocenters. The number of thiazole rings is 1. The van der Waals surface area contributed by atoms with Crippen LogP contribution in [-0.4, -0.2) is 21.8 Å². The number of hydrogen-bond acceptors (Lipinski definition) is 5. The van der Waals surface area contributed by atoms with Gasteiger partial charge in [0, 0.05) is 17.1 Å². The molecule has 3 heterocycles. The first kappa shape index (κ1) is 19.9. The van der Waals surface area contributed by atoms with E-state index < -0.39 is 10.0 Å². The predicted molar refractivity (Wildman–Crippen MR) is 131 cm³/mol. The van der Waals surface area contributed by atoms with Crippen molar-refractivity contribution < 1.29 is 8.42 Å². The standard InChI is InChI=1S/C25H17N3O3S2/c1-16-10-12-18(13-11-16)33(30,31)27-15-17(19-6-2-4-8-21(19)27)14-23-24(29)28-22-9-5-3-7-20(22)26-25(28)32-23/h2-15H,1H3/b23-14+. The summed E-state index contributed by atoms with van der Waals surface area (Å²) in [5, 5.41) is 0.753. The molecule has 6 nitrogen and oxygen atoms in total. The lowest BCUT2D eigenvalue weighted by Crippen LogP contribution is -2.22. The molecule has 0 spiro atoms. The van der Waals surface area contributed by atoms with Gasteiger partial charge in [-0.3, -0.25) is 4.79 Å². The number of aryl methyl sites for hydroxylation is 1. The molecule has 0 aliphatic heterocycles. The highest BCUT2D eigenvalue weighted by molar-refractivity contribution is 7.90. The minimum atomic E-state index is -3.80. The number of rotatable bonds is 3. The van der Waals surface area contributed by atoms with Gasteiger partial charge in [-0.05, 0) is 43.3 Å². The maximum absolute atomic E-state index is 13.4. The summed E-state index contributed by atoms with van der Waals surface area (Å²) < 4.78 is 30.2. The Morgan fingerprint density at radius 3 is 2.39 bits per heavy atom. The molecule has 0 fully saturated rings. The van der Waals surface area contributed by atoms with E-state index in [-0.39, 0.29) is 10.5 Å². The number of aromatic nitrogens is 3. The van der Waals surface area contributed by atoms with E-state index in [0.717, 1.165) is 22.0 Å². The Kier molecular flexibility index (Phi) is 4.30. The summed E-state index contributed by atoms with van der Waals surface area (Å²) in [6.45, 7) is 1.91. The van der Waals surface area contributed by atoms with Gasteiger partial charge in [0.25, 0.3) is 15.6 Å². The Balaban J connectivity index is 1.59. The first-order valence-corrected chi connectivity index (χ1v) is 12.5. The highest BCUT2D eigenvalue weighted by Crippen LogP contribution is 2.27. The number of benzene rings is 3. The smallest absolute Gasteiger partial charge is 0.267 e. The van der Waals surface area contributed by atoms with Crippen LogP contribution in [0.15, 0.2) is 88.7 Å². The fourth-order valence-corrected chi connectivity index (χ4v) is 6.42. The monoisotopic (exact) mass is 471 g/mol. The van der Waals surface area contributed by atoms with Crippen LogP contribution in [0.25, 0.3) is 33.0 Å². The van der Waals surface area contributed by atoms with Crippen molar-refractivity contribution in [3.05, 3.63) is 105 Å². The summed E-state index contributed by atoms with van der Waals surface area (Å²) >= 11 is 1.29. The SMILES string of the molecule is Cc1ccc(S(=O)(=O)n2cc(/C=c3/sc4nc5ccccc5n4c3=O)c3ccccc32)cc1. The van der Waals surface area contributed by atoms with Crippen LogP contribution in [0.4, 0.5) is 0 Å². The molecule has 8 heteroatoms. The molecule has 0 N–H and O–H groups in total. The molecule has 6 rings (SSSR count). The molecule has 6 aromatic rings. The predicted octanol–water partition coefficient (Wildman–Crippen LogP) is 3.96. The highest BCUT2D eigenvalue weighted by Gasteiger charge is 2.21. The van der Waals surface area contributed by atoms with Crippen LogP contribution in [-0.2, 0) is 10.0 Å². The lowest BCUT2D eigenvalue weighted by atomic mass is 10.2. The van der Waals surface area contributed by atoms with Crippen molar-refractivity contribution in [3.63, 3.8) is 0 Å². The van der Waals surface area contributed by atoms with Gasteiger partial charge in [0.2, 0.25) is 0 Å². The van der Waals surface area contributed by atoms with Gasteiger partial charge in [-0.15, -0.1) is 0 Å². The molecule has 0 aliphatic carbocycles. The zero-order chi connectivity index (χ0) is 22.7. The quantitative estimate of drug-likeness (QED) is 0.392. The molecule has 0 bridgehead atoms. The second-order valence-corrected chi connectivity index (χ2v) is 10.7. The molecular formula is C25H17N3O3S2.